The first-order valence-electron chi connectivity index (χ1n) is 4.98. The van der Waals surface area contributed by atoms with Crippen LogP contribution < -0.4 is 11.2 Å². The maximum Gasteiger partial charge on any atom is 0.332 e. The third-order valence-electron chi connectivity index (χ3n) is 2.08. The first kappa shape index (κ1) is 10.9. The van der Waals surface area contributed by atoms with Crippen LogP contribution in [0.1, 0.15) is 5.56 Å². The van der Waals surface area contributed by atoms with Gasteiger partial charge in [-0.05, 0) is 23.8 Å². The molecule has 0 bridgehead atoms. The largest absolute Gasteiger partial charge is 0.464 e. The van der Waals surface area contributed by atoms with Crippen LogP contribution in [0.25, 0.3) is 11.3 Å². The number of hydrogen-bond acceptors (Lipinski definition) is 3. The van der Waals surface area contributed by atoms with Gasteiger partial charge in [-0.3, -0.25) is 0 Å². The second-order valence-corrected chi connectivity index (χ2v) is 3.34. The van der Waals surface area contributed by atoms with Crippen LogP contribution in [0.3, 0.4) is 0 Å². The summed E-state index contributed by atoms with van der Waals surface area (Å²) >= 11 is 0. The highest BCUT2D eigenvalue weighted by molar-refractivity contribution is 5.83. The number of amides is 2. The van der Waals surface area contributed by atoms with Crippen molar-refractivity contribution in [3.63, 3.8) is 0 Å². The summed E-state index contributed by atoms with van der Waals surface area (Å²) in [4.78, 5) is 10.4. The van der Waals surface area contributed by atoms with Gasteiger partial charge in [0.15, 0.2) is 0 Å². The van der Waals surface area contributed by atoms with E-state index in [9.17, 15) is 4.79 Å². The Kier molecular flexibility index (Phi) is 3.20. The number of nitrogens with one attached hydrogen (secondary N) is 1. The minimum atomic E-state index is -0.691. The summed E-state index contributed by atoms with van der Waals surface area (Å²) in [6.07, 6.45) is 3.13. The van der Waals surface area contributed by atoms with Crippen molar-refractivity contribution in [2.45, 2.75) is 0 Å². The van der Waals surface area contributed by atoms with Gasteiger partial charge in [-0.2, -0.15) is 5.10 Å². The minimum Gasteiger partial charge on any atom is -0.464 e. The fourth-order valence-corrected chi connectivity index (χ4v) is 1.39. The molecule has 0 aliphatic carbocycles. The molecule has 0 saturated heterocycles. The number of hydrazone groups is 1. The van der Waals surface area contributed by atoms with Crippen LogP contribution in [0.5, 0.6) is 0 Å². The molecule has 0 unspecified atom stereocenters. The van der Waals surface area contributed by atoms with Crippen LogP contribution in [0.4, 0.5) is 4.79 Å². The SMILES string of the molecule is NC(=O)N/N=C/c1cccc(-c2ccco2)c1. The highest BCUT2D eigenvalue weighted by Gasteiger charge is 2.00. The lowest BCUT2D eigenvalue weighted by atomic mass is 10.1. The summed E-state index contributed by atoms with van der Waals surface area (Å²) in [6, 6.07) is 10.6. The van der Waals surface area contributed by atoms with Crippen LogP contribution in [0.15, 0.2) is 52.2 Å². The van der Waals surface area contributed by atoms with Gasteiger partial charge in [0.2, 0.25) is 0 Å². The van der Waals surface area contributed by atoms with E-state index in [0.29, 0.717) is 0 Å². The molecule has 1 heterocycles. The van der Waals surface area contributed by atoms with E-state index in [4.69, 9.17) is 10.2 Å². The molecule has 0 aliphatic rings. The van der Waals surface area contributed by atoms with Gasteiger partial charge >= 0.3 is 6.03 Å². The third-order valence-corrected chi connectivity index (χ3v) is 2.08. The van der Waals surface area contributed by atoms with Crippen molar-refractivity contribution in [3.05, 3.63) is 48.2 Å². The molecule has 1 aromatic carbocycles. The van der Waals surface area contributed by atoms with E-state index in [-0.39, 0.29) is 0 Å². The normalized spacial score (nSPS) is 10.6. The Labute approximate surface area is 97.9 Å². The fourth-order valence-electron chi connectivity index (χ4n) is 1.39. The number of benzene rings is 1. The van der Waals surface area contributed by atoms with Crippen LogP contribution in [0.2, 0.25) is 0 Å². The van der Waals surface area contributed by atoms with Crippen molar-refractivity contribution in [1.29, 1.82) is 0 Å². The number of furan rings is 1. The molecule has 5 heteroatoms. The Bertz CT molecular complexity index is 532. The summed E-state index contributed by atoms with van der Waals surface area (Å²) in [5, 5.41) is 3.68. The zero-order valence-corrected chi connectivity index (χ0v) is 8.96. The predicted molar refractivity (Wildman–Crippen MR) is 64.5 cm³/mol. The molecule has 1 aromatic heterocycles. The zero-order valence-electron chi connectivity index (χ0n) is 8.96. The maximum absolute atomic E-state index is 10.4. The minimum absolute atomic E-state index is 0.691. The smallest absolute Gasteiger partial charge is 0.332 e. The lowest BCUT2D eigenvalue weighted by molar-refractivity contribution is 0.249. The standard InChI is InChI=1S/C12H11N3O2/c13-12(16)15-14-8-9-3-1-4-10(7-9)11-5-2-6-17-11/h1-8H,(H3,13,15,16)/b14-8+. The Hall–Kier alpha value is -2.56. The second-order valence-electron chi connectivity index (χ2n) is 3.34. The molecule has 0 atom stereocenters. The number of carbonyl (C=O) groups excluding carboxylic acids is 1. The zero-order chi connectivity index (χ0) is 12.1. The van der Waals surface area contributed by atoms with Crippen molar-refractivity contribution in [3.8, 4) is 11.3 Å². The third kappa shape index (κ3) is 2.94. The summed E-state index contributed by atoms with van der Waals surface area (Å²) in [5.41, 5.74) is 8.80. The molecule has 5 nitrogen and oxygen atoms in total. The van der Waals surface area contributed by atoms with Gasteiger partial charge in [-0.1, -0.05) is 18.2 Å². The van der Waals surface area contributed by atoms with Crippen LogP contribution in [0, 0.1) is 0 Å². The van der Waals surface area contributed by atoms with E-state index < -0.39 is 6.03 Å². The highest BCUT2D eigenvalue weighted by atomic mass is 16.3. The first-order valence-corrected chi connectivity index (χ1v) is 4.98. The fraction of sp³-hybridized carbons (Fsp3) is 0. The quantitative estimate of drug-likeness (QED) is 0.623. The van der Waals surface area contributed by atoms with E-state index in [0.717, 1.165) is 16.9 Å². The molecular formula is C12H11N3O2. The molecule has 0 radical (unpaired) electrons. The topological polar surface area (TPSA) is 80.6 Å². The molecule has 2 amide bonds. The molecule has 0 fully saturated rings. The highest BCUT2D eigenvalue weighted by Crippen LogP contribution is 2.19. The number of primary amides is 1. The Morgan fingerprint density at radius 2 is 2.24 bits per heavy atom. The van der Waals surface area contributed by atoms with E-state index in [2.05, 4.69) is 10.5 Å². The monoisotopic (exact) mass is 229 g/mol. The van der Waals surface area contributed by atoms with Gasteiger partial charge < -0.3 is 10.2 Å². The molecule has 0 aliphatic heterocycles. The van der Waals surface area contributed by atoms with E-state index >= 15 is 0 Å². The number of urea groups is 1. The van der Waals surface area contributed by atoms with E-state index in [1.165, 1.54) is 6.21 Å². The molecule has 86 valence electrons. The molecule has 2 aromatic rings. The van der Waals surface area contributed by atoms with Crippen molar-refractivity contribution in [2.24, 2.45) is 10.8 Å². The average molecular weight is 229 g/mol. The number of hydrogen-bond donors (Lipinski definition) is 2. The number of nitrogens with two attached hydrogens (primary N) is 1. The summed E-state index contributed by atoms with van der Waals surface area (Å²) in [6.45, 7) is 0. The lowest BCUT2D eigenvalue weighted by Gasteiger charge is -1.98. The lowest BCUT2D eigenvalue weighted by Crippen LogP contribution is -2.24. The number of nitrogens with zero attached hydrogens (tertiary/aromatic N) is 1. The number of rotatable bonds is 3. The Balaban J connectivity index is 2.17. The Morgan fingerprint density at radius 1 is 1.35 bits per heavy atom. The van der Waals surface area contributed by atoms with Crippen molar-refractivity contribution in [1.82, 2.24) is 5.43 Å². The predicted octanol–water partition coefficient (Wildman–Crippen LogP) is 1.95. The molecule has 0 saturated carbocycles. The van der Waals surface area contributed by atoms with Gasteiger partial charge in [-0.25, -0.2) is 10.2 Å². The number of carbonyl (C=O) groups is 1. The summed E-state index contributed by atoms with van der Waals surface area (Å²) in [7, 11) is 0. The van der Waals surface area contributed by atoms with Crippen LogP contribution in [-0.4, -0.2) is 12.2 Å². The van der Waals surface area contributed by atoms with Crippen LogP contribution in [-0.2, 0) is 0 Å². The van der Waals surface area contributed by atoms with Gasteiger partial charge in [0.05, 0.1) is 12.5 Å². The molecule has 3 N–H and O–H groups in total. The summed E-state index contributed by atoms with van der Waals surface area (Å²) < 4.78 is 5.28. The summed E-state index contributed by atoms with van der Waals surface area (Å²) in [5.74, 6) is 0.781. The molecular weight excluding hydrogens is 218 g/mol. The van der Waals surface area contributed by atoms with E-state index in [1.807, 2.05) is 36.4 Å². The van der Waals surface area contributed by atoms with Gasteiger partial charge in [0.1, 0.15) is 5.76 Å². The Morgan fingerprint density at radius 3 is 2.94 bits per heavy atom. The van der Waals surface area contributed by atoms with E-state index in [1.54, 1.807) is 6.26 Å². The molecule has 0 spiro atoms. The van der Waals surface area contributed by atoms with Gasteiger partial charge in [0.25, 0.3) is 0 Å². The second kappa shape index (κ2) is 4.98. The van der Waals surface area contributed by atoms with Crippen molar-refractivity contribution >= 4 is 12.2 Å². The first-order chi connectivity index (χ1) is 8.25. The van der Waals surface area contributed by atoms with Crippen molar-refractivity contribution in [2.75, 3.05) is 0 Å². The van der Waals surface area contributed by atoms with Crippen LogP contribution >= 0.6 is 0 Å². The molecule has 17 heavy (non-hydrogen) atoms. The van der Waals surface area contributed by atoms with Crippen molar-refractivity contribution < 1.29 is 9.21 Å². The van der Waals surface area contributed by atoms with Gasteiger partial charge in [-0.15, -0.1) is 0 Å². The molecule has 2 rings (SSSR count). The average Bonchev–Trinajstić information content (AvgIpc) is 2.82. The van der Waals surface area contributed by atoms with Gasteiger partial charge in [0, 0.05) is 5.56 Å². The maximum atomic E-state index is 10.4.